The molecule has 76 heavy (non-hydrogen) atoms. The molecule has 0 unspecified atom stereocenters. The maximum atomic E-state index is 2.60. The van der Waals surface area contributed by atoms with Crippen molar-refractivity contribution in [1.29, 1.82) is 0 Å². The van der Waals surface area contributed by atoms with Gasteiger partial charge in [-0.2, -0.15) is 0 Å². The van der Waals surface area contributed by atoms with Crippen LogP contribution in [0.25, 0.3) is 113 Å². The molecule has 4 aliphatic rings. The third kappa shape index (κ3) is 6.53. The molecule has 2 nitrogen and oxygen atoms in total. The molecule has 0 saturated heterocycles. The summed E-state index contributed by atoms with van der Waals surface area (Å²) in [5.74, 6) is 0. The Kier molecular flexibility index (Phi) is 9.71. The first-order valence-electron chi connectivity index (χ1n) is 27.7. The molecule has 0 amide bonds. The standard InChI is InChI=1S/C74H56N2/c1-3-15-55(16-4-1)75-69-21-9-7-19-61(69)63-43-49(29-37-71(63)75)23-25-51-27-33-57-59-35-31-53(47-67(59)73(65(57)45-51)39-11-12-40-73)54-32-36-60-58-34-28-52(46-66(58)74(68(60)48-54)41-13-14-42-74)26-24-50-30-38-72-64(44-50)62-20-8-10-22-70(62)76(72)56-17-5-2-6-18-56/h1-10,15-38,43-48H,11-14,39-42H2/b25-23+,26-24+. The monoisotopic (exact) mass is 972 g/mol. The van der Waals surface area contributed by atoms with E-state index in [0.717, 1.165) is 0 Å². The summed E-state index contributed by atoms with van der Waals surface area (Å²) in [4.78, 5) is 0. The molecule has 362 valence electrons. The third-order valence-corrected chi connectivity index (χ3v) is 18.4. The van der Waals surface area contributed by atoms with E-state index in [2.05, 4.69) is 252 Å². The summed E-state index contributed by atoms with van der Waals surface area (Å²) in [7, 11) is 0. The predicted molar refractivity (Wildman–Crippen MR) is 321 cm³/mol. The van der Waals surface area contributed by atoms with Crippen LogP contribution in [0.4, 0.5) is 0 Å². The van der Waals surface area contributed by atoms with Crippen LogP contribution in [0.2, 0.25) is 0 Å². The molecule has 2 aromatic heterocycles. The van der Waals surface area contributed by atoms with E-state index in [1.165, 1.54) is 184 Å². The highest BCUT2D eigenvalue weighted by Gasteiger charge is 2.47. The molecule has 0 bridgehead atoms. The van der Waals surface area contributed by atoms with E-state index in [1.807, 2.05) is 0 Å². The van der Waals surface area contributed by atoms with E-state index in [0.29, 0.717) is 0 Å². The number of hydrogen-bond donors (Lipinski definition) is 0. The first-order valence-corrected chi connectivity index (χ1v) is 27.7. The van der Waals surface area contributed by atoms with Gasteiger partial charge in [-0.1, -0.05) is 196 Å². The van der Waals surface area contributed by atoms with Gasteiger partial charge in [0.25, 0.3) is 0 Å². The number of aromatic nitrogens is 2. The van der Waals surface area contributed by atoms with Crippen LogP contribution in [-0.2, 0) is 10.8 Å². The number of hydrogen-bond acceptors (Lipinski definition) is 0. The van der Waals surface area contributed by atoms with Gasteiger partial charge in [0.05, 0.1) is 22.1 Å². The molecule has 0 N–H and O–H groups in total. The summed E-state index contributed by atoms with van der Waals surface area (Å²) in [6.45, 7) is 0. The zero-order chi connectivity index (χ0) is 50.0. The number of benzene rings is 10. The molecule has 2 fully saturated rings. The minimum absolute atomic E-state index is 0.0546. The smallest absolute Gasteiger partial charge is 0.0541 e. The molecule has 16 rings (SSSR count). The maximum absolute atomic E-state index is 2.60. The van der Waals surface area contributed by atoms with Gasteiger partial charge in [0.2, 0.25) is 0 Å². The minimum Gasteiger partial charge on any atom is -0.309 e. The fourth-order valence-corrected chi connectivity index (χ4v) is 14.9. The third-order valence-electron chi connectivity index (χ3n) is 18.4. The second-order valence-electron chi connectivity index (χ2n) is 22.3. The Morgan fingerprint density at radius 1 is 0.276 bits per heavy atom. The lowest BCUT2D eigenvalue weighted by Crippen LogP contribution is -2.21. The molecule has 0 radical (unpaired) electrons. The first-order chi connectivity index (χ1) is 37.6. The van der Waals surface area contributed by atoms with Crippen LogP contribution in [0.5, 0.6) is 0 Å². The van der Waals surface area contributed by atoms with Crippen LogP contribution in [0.15, 0.2) is 218 Å². The van der Waals surface area contributed by atoms with Crippen LogP contribution in [0, 0.1) is 0 Å². The van der Waals surface area contributed by atoms with Gasteiger partial charge in [-0.15, -0.1) is 0 Å². The van der Waals surface area contributed by atoms with E-state index in [4.69, 9.17) is 0 Å². The van der Waals surface area contributed by atoms with Gasteiger partial charge in [-0.05, 0) is 176 Å². The van der Waals surface area contributed by atoms with Crippen LogP contribution >= 0.6 is 0 Å². The first kappa shape index (κ1) is 43.7. The Hall–Kier alpha value is -8.72. The Bertz CT molecular complexity index is 4110. The van der Waals surface area contributed by atoms with Crippen LogP contribution in [-0.4, -0.2) is 9.13 Å². The lowest BCUT2D eigenvalue weighted by atomic mass is 9.75. The minimum atomic E-state index is 0.0546. The van der Waals surface area contributed by atoms with Gasteiger partial charge in [-0.3, -0.25) is 0 Å². The summed E-state index contributed by atoms with van der Waals surface area (Å²) < 4.78 is 4.78. The highest BCUT2D eigenvalue weighted by atomic mass is 15.0. The fraction of sp³-hybridized carbons (Fsp3) is 0.135. The summed E-state index contributed by atoms with van der Waals surface area (Å²) in [6, 6.07) is 82.5. The summed E-state index contributed by atoms with van der Waals surface area (Å²) >= 11 is 0. The van der Waals surface area contributed by atoms with Crippen molar-refractivity contribution in [3.05, 3.63) is 263 Å². The van der Waals surface area contributed by atoms with Gasteiger partial charge in [-0.25, -0.2) is 0 Å². The molecule has 0 atom stereocenters. The summed E-state index contributed by atoms with van der Waals surface area (Å²) in [5, 5.41) is 5.13. The summed E-state index contributed by atoms with van der Waals surface area (Å²) in [5.41, 5.74) is 26.9. The predicted octanol–water partition coefficient (Wildman–Crippen LogP) is 19.6. The van der Waals surface area contributed by atoms with Gasteiger partial charge < -0.3 is 9.13 Å². The number of rotatable bonds is 7. The van der Waals surface area contributed by atoms with Crippen molar-refractivity contribution in [2.24, 2.45) is 0 Å². The van der Waals surface area contributed by atoms with Crippen molar-refractivity contribution in [3.8, 4) is 44.8 Å². The normalized spacial score (nSPS) is 15.8. The second-order valence-corrected chi connectivity index (χ2v) is 22.3. The zero-order valence-corrected chi connectivity index (χ0v) is 42.6. The molecule has 2 heteroatoms. The van der Waals surface area contributed by atoms with E-state index in [-0.39, 0.29) is 10.8 Å². The van der Waals surface area contributed by atoms with E-state index in [9.17, 15) is 0 Å². The Morgan fingerprint density at radius 2 is 0.605 bits per heavy atom. The van der Waals surface area contributed by atoms with Crippen LogP contribution < -0.4 is 0 Å². The number of para-hydroxylation sites is 4. The molecule has 2 spiro atoms. The molecule has 4 aliphatic carbocycles. The zero-order valence-electron chi connectivity index (χ0n) is 42.6. The quantitative estimate of drug-likeness (QED) is 0.141. The Labute approximate surface area is 444 Å². The fourth-order valence-electron chi connectivity index (χ4n) is 14.9. The number of fused-ring (bicyclic) bond motifs is 16. The van der Waals surface area contributed by atoms with Crippen LogP contribution in [0.1, 0.15) is 95.9 Å². The largest absolute Gasteiger partial charge is 0.309 e. The van der Waals surface area contributed by atoms with E-state index < -0.39 is 0 Å². The lowest BCUT2D eigenvalue weighted by molar-refractivity contribution is 0.549. The highest BCUT2D eigenvalue weighted by molar-refractivity contribution is 6.11. The molecule has 2 saturated carbocycles. The average molecular weight is 973 g/mol. The second kappa shape index (κ2) is 16.9. The van der Waals surface area contributed by atoms with Crippen molar-refractivity contribution >= 4 is 67.9 Å². The van der Waals surface area contributed by atoms with Crippen molar-refractivity contribution in [2.75, 3.05) is 0 Å². The SMILES string of the molecule is C(=C\c1ccc2c(c1)c1ccccc1n2-c1ccccc1)/c1ccc2c(c1)C1(CCCC1)c1cc(-c3ccc4c(c3)C3(CCCC3)c3cc(/C=C/c5ccc6c(c5)c5ccccc5n6-c5ccccc5)ccc3-4)ccc1-2. The summed E-state index contributed by atoms with van der Waals surface area (Å²) in [6.07, 6.45) is 19.2. The topological polar surface area (TPSA) is 9.86 Å². The van der Waals surface area contributed by atoms with E-state index >= 15 is 0 Å². The molecule has 0 aliphatic heterocycles. The molecule has 12 aromatic rings. The van der Waals surface area contributed by atoms with Crippen molar-refractivity contribution in [3.63, 3.8) is 0 Å². The Morgan fingerprint density at radius 3 is 1.03 bits per heavy atom. The highest BCUT2D eigenvalue weighted by Crippen LogP contribution is 2.60. The molecule has 2 heterocycles. The maximum Gasteiger partial charge on any atom is 0.0541 e. The molecular formula is C74H56N2. The van der Waals surface area contributed by atoms with Crippen molar-refractivity contribution < 1.29 is 0 Å². The van der Waals surface area contributed by atoms with E-state index in [1.54, 1.807) is 0 Å². The van der Waals surface area contributed by atoms with Gasteiger partial charge in [0.1, 0.15) is 0 Å². The number of nitrogens with zero attached hydrogens (tertiary/aromatic N) is 2. The van der Waals surface area contributed by atoms with Crippen molar-refractivity contribution in [2.45, 2.75) is 62.2 Å². The Balaban J connectivity index is 0.701. The van der Waals surface area contributed by atoms with Gasteiger partial charge >= 0.3 is 0 Å². The van der Waals surface area contributed by atoms with Crippen LogP contribution in [0.3, 0.4) is 0 Å². The molecular weight excluding hydrogens is 917 g/mol. The van der Waals surface area contributed by atoms with Gasteiger partial charge in [0, 0.05) is 43.7 Å². The lowest BCUT2D eigenvalue weighted by Gasteiger charge is -2.28. The van der Waals surface area contributed by atoms with Gasteiger partial charge in [0.15, 0.2) is 0 Å². The average Bonchev–Trinajstić information content (AvgIpc) is 4.48. The molecule has 10 aromatic carbocycles. The van der Waals surface area contributed by atoms with Crippen molar-refractivity contribution in [1.82, 2.24) is 9.13 Å².